The number of unbranched alkanes of at least 4 members (excludes halogenated alkanes) is 1. The zero-order chi connectivity index (χ0) is 14.8. The Hall–Kier alpha value is -1.59. The van der Waals surface area contributed by atoms with Gasteiger partial charge in [-0.05, 0) is 38.3 Å². The van der Waals surface area contributed by atoms with Crippen LogP contribution in [0.15, 0.2) is 35.0 Å². The third kappa shape index (κ3) is 7.11. The SMILES string of the molecule is C=C(C)C(=O)OCCCCC(O)CNCc1ccco1. The maximum absolute atomic E-state index is 11.1. The van der Waals surface area contributed by atoms with E-state index in [9.17, 15) is 9.90 Å². The van der Waals surface area contributed by atoms with Crippen molar-refractivity contribution in [2.75, 3.05) is 13.2 Å². The van der Waals surface area contributed by atoms with Gasteiger partial charge >= 0.3 is 5.97 Å². The van der Waals surface area contributed by atoms with Gasteiger partial charge in [-0.15, -0.1) is 0 Å². The predicted octanol–water partition coefficient (Wildman–Crippen LogP) is 2.02. The molecule has 112 valence electrons. The molecule has 0 amide bonds. The van der Waals surface area contributed by atoms with Crippen LogP contribution in [-0.4, -0.2) is 30.3 Å². The Kier molecular flexibility index (Phi) is 7.69. The lowest BCUT2D eigenvalue weighted by Crippen LogP contribution is -2.26. The summed E-state index contributed by atoms with van der Waals surface area (Å²) in [7, 11) is 0. The Morgan fingerprint density at radius 1 is 1.55 bits per heavy atom. The van der Waals surface area contributed by atoms with Gasteiger partial charge in [0.2, 0.25) is 0 Å². The molecule has 1 aromatic rings. The summed E-state index contributed by atoms with van der Waals surface area (Å²) < 4.78 is 10.1. The van der Waals surface area contributed by atoms with Crippen molar-refractivity contribution in [3.8, 4) is 0 Å². The third-order valence-corrected chi connectivity index (χ3v) is 2.77. The standard InChI is InChI=1S/C15H23NO4/c1-12(2)15(18)20-8-4-3-6-13(17)10-16-11-14-7-5-9-19-14/h5,7,9,13,16-17H,1,3-4,6,8,10-11H2,2H3. The first-order valence-corrected chi connectivity index (χ1v) is 6.83. The summed E-state index contributed by atoms with van der Waals surface area (Å²) in [6.07, 6.45) is 3.46. The number of ether oxygens (including phenoxy) is 1. The molecule has 0 aliphatic rings. The van der Waals surface area contributed by atoms with Gasteiger partial charge in [0, 0.05) is 12.1 Å². The highest BCUT2D eigenvalue weighted by Gasteiger charge is 2.05. The quantitative estimate of drug-likeness (QED) is 0.390. The van der Waals surface area contributed by atoms with Gasteiger partial charge in [-0.3, -0.25) is 0 Å². The van der Waals surface area contributed by atoms with Crippen LogP contribution >= 0.6 is 0 Å². The van der Waals surface area contributed by atoms with Crippen molar-refractivity contribution in [2.45, 2.75) is 38.8 Å². The Balaban J connectivity index is 1.96. The van der Waals surface area contributed by atoms with E-state index in [1.165, 1.54) is 0 Å². The fourth-order valence-electron chi connectivity index (χ4n) is 1.65. The summed E-state index contributed by atoms with van der Waals surface area (Å²) in [5.41, 5.74) is 0.409. The first-order chi connectivity index (χ1) is 9.59. The van der Waals surface area contributed by atoms with Crippen LogP contribution in [0.1, 0.15) is 31.9 Å². The molecule has 0 spiro atoms. The lowest BCUT2D eigenvalue weighted by Gasteiger charge is -2.11. The molecule has 0 aliphatic carbocycles. The van der Waals surface area contributed by atoms with E-state index in [0.29, 0.717) is 31.7 Å². The third-order valence-electron chi connectivity index (χ3n) is 2.77. The summed E-state index contributed by atoms with van der Waals surface area (Å²) in [6, 6.07) is 3.72. The van der Waals surface area contributed by atoms with Crippen molar-refractivity contribution in [3.05, 3.63) is 36.3 Å². The van der Waals surface area contributed by atoms with E-state index in [1.807, 2.05) is 12.1 Å². The first-order valence-electron chi connectivity index (χ1n) is 6.83. The molecular formula is C15H23NO4. The molecule has 1 unspecified atom stereocenters. The van der Waals surface area contributed by atoms with E-state index in [1.54, 1.807) is 13.2 Å². The number of hydrogen-bond donors (Lipinski definition) is 2. The minimum atomic E-state index is -0.401. The van der Waals surface area contributed by atoms with E-state index < -0.39 is 6.10 Å². The largest absolute Gasteiger partial charge is 0.468 e. The minimum absolute atomic E-state index is 0.356. The normalized spacial score (nSPS) is 12.1. The molecule has 20 heavy (non-hydrogen) atoms. The highest BCUT2D eigenvalue weighted by atomic mass is 16.5. The van der Waals surface area contributed by atoms with Crippen molar-refractivity contribution in [1.29, 1.82) is 0 Å². The number of rotatable bonds is 10. The Morgan fingerprint density at radius 2 is 2.35 bits per heavy atom. The molecule has 0 aromatic carbocycles. The zero-order valence-electron chi connectivity index (χ0n) is 11.9. The number of aliphatic hydroxyl groups excluding tert-OH is 1. The highest BCUT2D eigenvalue weighted by molar-refractivity contribution is 5.86. The van der Waals surface area contributed by atoms with Gasteiger partial charge in [0.1, 0.15) is 5.76 Å². The minimum Gasteiger partial charge on any atom is -0.468 e. The molecule has 0 radical (unpaired) electrons. The summed E-state index contributed by atoms with van der Waals surface area (Å²) in [5, 5.41) is 12.9. The van der Waals surface area contributed by atoms with Crippen molar-refractivity contribution >= 4 is 5.97 Å². The monoisotopic (exact) mass is 281 g/mol. The lowest BCUT2D eigenvalue weighted by molar-refractivity contribution is -0.139. The average molecular weight is 281 g/mol. The number of nitrogens with one attached hydrogen (secondary N) is 1. The van der Waals surface area contributed by atoms with E-state index in [0.717, 1.165) is 18.6 Å². The Bertz CT molecular complexity index is 400. The molecular weight excluding hydrogens is 258 g/mol. The molecule has 1 atom stereocenters. The molecule has 0 bridgehead atoms. The van der Waals surface area contributed by atoms with Gasteiger partial charge in [-0.1, -0.05) is 6.58 Å². The maximum atomic E-state index is 11.1. The molecule has 1 rings (SSSR count). The smallest absolute Gasteiger partial charge is 0.333 e. The molecule has 0 saturated carbocycles. The second-order valence-electron chi connectivity index (χ2n) is 4.78. The fraction of sp³-hybridized carbons (Fsp3) is 0.533. The van der Waals surface area contributed by atoms with E-state index in [2.05, 4.69) is 11.9 Å². The fourth-order valence-corrected chi connectivity index (χ4v) is 1.65. The number of aliphatic hydroxyl groups is 1. The van der Waals surface area contributed by atoms with Crippen LogP contribution in [0.25, 0.3) is 0 Å². The number of carbonyl (C=O) groups is 1. The second-order valence-corrected chi connectivity index (χ2v) is 4.78. The molecule has 0 fully saturated rings. The molecule has 5 nitrogen and oxygen atoms in total. The molecule has 1 aromatic heterocycles. The van der Waals surface area contributed by atoms with Crippen LogP contribution in [0.3, 0.4) is 0 Å². The average Bonchev–Trinajstić information content (AvgIpc) is 2.91. The molecule has 0 aliphatic heterocycles. The molecule has 1 heterocycles. The Morgan fingerprint density at radius 3 is 3.00 bits per heavy atom. The topological polar surface area (TPSA) is 71.7 Å². The summed E-state index contributed by atoms with van der Waals surface area (Å²) in [4.78, 5) is 11.1. The number of esters is 1. The molecule has 5 heteroatoms. The van der Waals surface area contributed by atoms with Crippen LogP contribution in [0.4, 0.5) is 0 Å². The van der Waals surface area contributed by atoms with Crippen LogP contribution in [0, 0.1) is 0 Å². The zero-order valence-corrected chi connectivity index (χ0v) is 11.9. The van der Waals surface area contributed by atoms with Gasteiger partial charge in [-0.2, -0.15) is 0 Å². The van der Waals surface area contributed by atoms with Gasteiger partial charge in [0.15, 0.2) is 0 Å². The van der Waals surface area contributed by atoms with Crippen LogP contribution < -0.4 is 5.32 Å². The van der Waals surface area contributed by atoms with E-state index in [-0.39, 0.29) is 5.97 Å². The van der Waals surface area contributed by atoms with Crippen LogP contribution in [0.2, 0.25) is 0 Å². The first kappa shape index (κ1) is 16.5. The van der Waals surface area contributed by atoms with Gasteiger partial charge in [-0.25, -0.2) is 4.79 Å². The summed E-state index contributed by atoms with van der Waals surface area (Å²) in [5.74, 6) is 0.495. The molecule has 0 saturated heterocycles. The Labute approximate surface area is 119 Å². The van der Waals surface area contributed by atoms with Gasteiger partial charge < -0.3 is 19.6 Å². The number of furan rings is 1. The molecule has 2 N–H and O–H groups in total. The van der Waals surface area contributed by atoms with Crippen LogP contribution in [0.5, 0.6) is 0 Å². The van der Waals surface area contributed by atoms with Gasteiger partial charge in [0.05, 0.1) is 25.5 Å². The highest BCUT2D eigenvalue weighted by Crippen LogP contribution is 2.03. The van der Waals surface area contributed by atoms with E-state index >= 15 is 0 Å². The van der Waals surface area contributed by atoms with Crippen molar-refractivity contribution in [1.82, 2.24) is 5.32 Å². The maximum Gasteiger partial charge on any atom is 0.333 e. The lowest BCUT2D eigenvalue weighted by atomic mass is 10.1. The van der Waals surface area contributed by atoms with Crippen molar-refractivity contribution in [2.24, 2.45) is 0 Å². The number of carbonyl (C=O) groups excluding carboxylic acids is 1. The predicted molar refractivity (Wildman–Crippen MR) is 76.0 cm³/mol. The van der Waals surface area contributed by atoms with Gasteiger partial charge in [0.25, 0.3) is 0 Å². The van der Waals surface area contributed by atoms with Crippen molar-refractivity contribution in [3.63, 3.8) is 0 Å². The number of hydrogen-bond acceptors (Lipinski definition) is 5. The summed E-state index contributed by atoms with van der Waals surface area (Å²) >= 11 is 0. The summed E-state index contributed by atoms with van der Waals surface area (Å²) in [6.45, 7) is 6.63. The van der Waals surface area contributed by atoms with Crippen LogP contribution in [-0.2, 0) is 16.1 Å². The van der Waals surface area contributed by atoms with E-state index in [4.69, 9.17) is 9.15 Å². The van der Waals surface area contributed by atoms with Crippen molar-refractivity contribution < 1.29 is 19.1 Å². The second kappa shape index (κ2) is 9.34.